The second kappa shape index (κ2) is 6.33. The normalized spacial score (nSPS) is 23.5. The molecule has 3 nitrogen and oxygen atoms in total. The van der Waals surface area contributed by atoms with Crippen LogP contribution in [0.4, 0.5) is 4.39 Å². The van der Waals surface area contributed by atoms with E-state index >= 15 is 0 Å². The van der Waals surface area contributed by atoms with Gasteiger partial charge < -0.3 is 9.64 Å². The van der Waals surface area contributed by atoms with Crippen LogP contribution in [-0.2, 0) is 4.74 Å². The van der Waals surface area contributed by atoms with Crippen molar-refractivity contribution in [3.8, 4) is 0 Å². The van der Waals surface area contributed by atoms with Crippen LogP contribution >= 0.6 is 31.9 Å². The van der Waals surface area contributed by atoms with Crippen molar-refractivity contribution < 1.29 is 13.9 Å². The van der Waals surface area contributed by atoms with Crippen molar-refractivity contribution in [1.29, 1.82) is 0 Å². The number of ether oxygens (including phenoxy) is 1. The van der Waals surface area contributed by atoms with Crippen LogP contribution < -0.4 is 0 Å². The maximum Gasteiger partial charge on any atom is 0.258 e. The van der Waals surface area contributed by atoms with E-state index in [4.69, 9.17) is 4.74 Å². The van der Waals surface area contributed by atoms with E-state index in [1.807, 2.05) is 6.92 Å². The highest BCUT2D eigenvalue weighted by molar-refractivity contribution is 9.10. The third-order valence-corrected chi connectivity index (χ3v) is 4.50. The summed E-state index contributed by atoms with van der Waals surface area (Å²) in [5.41, 5.74) is 0.0876. The molecule has 1 aliphatic rings. The van der Waals surface area contributed by atoms with Gasteiger partial charge in [-0.3, -0.25) is 4.79 Å². The molecule has 2 unspecified atom stereocenters. The van der Waals surface area contributed by atoms with Crippen molar-refractivity contribution in [1.82, 2.24) is 4.90 Å². The molecule has 1 aromatic carbocycles. The average Bonchev–Trinajstić information content (AvgIpc) is 2.39. The molecule has 19 heavy (non-hydrogen) atoms. The number of rotatable bonds is 2. The predicted molar refractivity (Wildman–Crippen MR) is 78.1 cm³/mol. The lowest BCUT2D eigenvalue weighted by Crippen LogP contribution is -2.51. The largest absolute Gasteiger partial charge is 0.373 e. The molecule has 6 heteroatoms. The summed E-state index contributed by atoms with van der Waals surface area (Å²) in [6.07, 6.45) is -0.0503. The van der Waals surface area contributed by atoms with Crippen molar-refractivity contribution in [2.75, 3.05) is 18.5 Å². The number of benzene rings is 1. The Balaban J connectivity index is 2.27. The van der Waals surface area contributed by atoms with Gasteiger partial charge in [-0.1, -0.05) is 22.0 Å². The number of halogens is 3. The highest BCUT2D eigenvalue weighted by atomic mass is 79.9. The highest BCUT2D eigenvalue weighted by Gasteiger charge is 2.31. The van der Waals surface area contributed by atoms with Crippen LogP contribution in [0.3, 0.4) is 0 Å². The van der Waals surface area contributed by atoms with Gasteiger partial charge in [-0.25, -0.2) is 4.39 Å². The molecule has 104 valence electrons. The van der Waals surface area contributed by atoms with Gasteiger partial charge in [0.1, 0.15) is 5.82 Å². The van der Waals surface area contributed by atoms with E-state index < -0.39 is 5.82 Å². The van der Waals surface area contributed by atoms with Crippen LogP contribution in [0.1, 0.15) is 17.3 Å². The Morgan fingerprint density at radius 2 is 2.32 bits per heavy atom. The van der Waals surface area contributed by atoms with E-state index in [9.17, 15) is 9.18 Å². The fourth-order valence-electron chi connectivity index (χ4n) is 2.04. The van der Waals surface area contributed by atoms with E-state index in [-0.39, 0.29) is 23.6 Å². The maximum atomic E-state index is 13.8. The summed E-state index contributed by atoms with van der Waals surface area (Å²) >= 11 is 6.58. The van der Waals surface area contributed by atoms with Crippen LogP contribution in [0.25, 0.3) is 0 Å². The maximum absolute atomic E-state index is 13.8. The summed E-state index contributed by atoms with van der Waals surface area (Å²) in [7, 11) is 0. The molecule has 1 amide bonds. The number of amides is 1. The summed E-state index contributed by atoms with van der Waals surface area (Å²) in [6, 6.07) is 4.48. The quantitative estimate of drug-likeness (QED) is 0.721. The lowest BCUT2D eigenvalue weighted by atomic mass is 10.1. The van der Waals surface area contributed by atoms with E-state index in [1.165, 1.54) is 6.07 Å². The molecule has 0 radical (unpaired) electrons. The predicted octanol–water partition coefficient (Wildman–Crippen LogP) is 3.21. The van der Waals surface area contributed by atoms with Gasteiger partial charge in [-0.2, -0.15) is 0 Å². The van der Waals surface area contributed by atoms with Gasteiger partial charge in [-0.15, -0.1) is 0 Å². The van der Waals surface area contributed by atoms with Crippen LogP contribution in [-0.4, -0.2) is 41.4 Å². The number of morpholine rings is 1. The topological polar surface area (TPSA) is 29.5 Å². The number of hydrogen-bond acceptors (Lipinski definition) is 2. The first-order valence-electron chi connectivity index (χ1n) is 5.97. The molecule has 1 aromatic rings. The molecule has 0 N–H and O–H groups in total. The first-order chi connectivity index (χ1) is 9.04. The molecular weight excluding hydrogens is 381 g/mol. The van der Waals surface area contributed by atoms with Crippen LogP contribution in [0.2, 0.25) is 0 Å². The SMILES string of the molecule is CC1COC(CBr)CN1C(=O)c1c(F)cccc1Br. The number of hydrogen-bond donors (Lipinski definition) is 0. The molecule has 0 aliphatic carbocycles. The van der Waals surface area contributed by atoms with Crippen molar-refractivity contribution in [3.63, 3.8) is 0 Å². The van der Waals surface area contributed by atoms with E-state index in [2.05, 4.69) is 31.9 Å². The van der Waals surface area contributed by atoms with E-state index in [0.29, 0.717) is 23.0 Å². The summed E-state index contributed by atoms with van der Waals surface area (Å²) in [5, 5.41) is 0.655. The second-order valence-corrected chi connectivity index (χ2v) is 6.01. The molecule has 1 aliphatic heterocycles. The fraction of sp³-hybridized carbons (Fsp3) is 0.462. The van der Waals surface area contributed by atoms with Crippen molar-refractivity contribution in [3.05, 3.63) is 34.1 Å². The Hall–Kier alpha value is -0.460. The van der Waals surface area contributed by atoms with Gasteiger partial charge >= 0.3 is 0 Å². The van der Waals surface area contributed by atoms with E-state index in [0.717, 1.165) is 0 Å². The standard InChI is InChI=1S/C13H14Br2FNO2/c1-8-7-19-9(5-14)6-17(8)13(18)12-10(15)3-2-4-11(12)16/h2-4,8-9H,5-7H2,1H3. The molecule has 0 saturated carbocycles. The fourth-order valence-corrected chi connectivity index (χ4v) is 2.94. The first kappa shape index (κ1) is 14.9. The molecular formula is C13H14Br2FNO2. The molecule has 1 saturated heterocycles. The molecule has 0 spiro atoms. The van der Waals surface area contributed by atoms with E-state index in [1.54, 1.807) is 17.0 Å². The Kier molecular flexibility index (Phi) is 4.97. The van der Waals surface area contributed by atoms with Gasteiger partial charge in [0.15, 0.2) is 0 Å². The zero-order valence-corrected chi connectivity index (χ0v) is 13.6. The summed E-state index contributed by atoms with van der Waals surface area (Å²) in [4.78, 5) is 14.2. The third-order valence-electron chi connectivity index (χ3n) is 3.12. The molecule has 0 aromatic heterocycles. The zero-order valence-electron chi connectivity index (χ0n) is 10.4. The third kappa shape index (κ3) is 3.17. The molecule has 2 atom stereocenters. The summed E-state index contributed by atoms with van der Waals surface area (Å²) in [6.45, 7) is 2.83. The number of alkyl halides is 1. The number of carbonyl (C=O) groups excluding carboxylic acids is 1. The zero-order chi connectivity index (χ0) is 14.0. The van der Waals surface area contributed by atoms with Gasteiger partial charge in [0.2, 0.25) is 0 Å². The monoisotopic (exact) mass is 393 g/mol. The van der Waals surface area contributed by atoms with Gasteiger partial charge in [-0.05, 0) is 35.0 Å². The Morgan fingerprint density at radius 3 is 2.95 bits per heavy atom. The highest BCUT2D eigenvalue weighted by Crippen LogP contribution is 2.24. The number of nitrogens with zero attached hydrogens (tertiary/aromatic N) is 1. The van der Waals surface area contributed by atoms with Crippen LogP contribution in [0, 0.1) is 5.82 Å². The molecule has 1 fully saturated rings. The molecule has 0 bridgehead atoms. The molecule has 2 rings (SSSR count). The first-order valence-corrected chi connectivity index (χ1v) is 7.88. The minimum absolute atomic E-state index is 0.0503. The second-order valence-electron chi connectivity index (χ2n) is 4.51. The molecule has 1 heterocycles. The van der Waals surface area contributed by atoms with Crippen molar-refractivity contribution >= 4 is 37.8 Å². The van der Waals surface area contributed by atoms with Crippen molar-refractivity contribution in [2.45, 2.75) is 19.1 Å². The van der Waals surface area contributed by atoms with Gasteiger partial charge in [0.05, 0.1) is 24.3 Å². The Morgan fingerprint density at radius 1 is 1.58 bits per heavy atom. The van der Waals surface area contributed by atoms with Gasteiger partial charge in [0, 0.05) is 16.3 Å². The number of carbonyl (C=O) groups is 1. The Labute approximate surface area is 128 Å². The summed E-state index contributed by atoms with van der Waals surface area (Å²) in [5.74, 6) is -0.805. The minimum Gasteiger partial charge on any atom is -0.373 e. The minimum atomic E-state index is -0.506. The lowest BCUT2D eigenvalue weighted by Gasteiger charge is -2.37. The van der Waals surface area contributed by atoms with Crippen LogP contribution in [0.15, 0.2) is 22.7 Å². The van der Waals surface area contributed by atoms with Crippen molar-refractivity contribution in [2.24, 2.45) is 0 Å². The van der Waals surface area contributed by atoms with Gasteiger partial charge in [0.25, 0.3) is 5.91 Å². The Bertz CT molecular complexity index is 463. The lowest BCUT2D eigenvalue weighted by molar-refractivity contribution is -0.0363. The smallest absolute Gasteiger partial charge is 0.258 e. The summed E-state index contributed by atoms with van der Waals surface area (Å²) < 4.78 is 19.9. The average molecular weight is 395 g/mol. The van der Waals surface area contributed by atoms with Crippen LogP contribution in [0.5, 0.6) is 0 Å².